The largest absolute Gasteiger partial charge is 0.311 e. The summed E-state index contributed by atoms with van der Waals surface area (Å²) in [5, 5.41) is 3.51. The van der Waals surface area contributed by atoms with Crippen LogP contribution in [0.3, 0.4) is 0 Å². The van der Waals surface area contributed by atoms with Crippen LogP contribution in [-0.2, 0) is 0 Å². The Hall–Kier alpha value is -0.0400. The Bertz CT molecular complexity index is 84.9. The van der Waals surface area contributed by atoms with Crippen LogP contribution >= 0.6 is 0 Å². The summed E-state index contributed by atoms with van der Waals surface area (Å²) < 4.78 is 0. The second-order valence-electron chi connectivity index (χ2n) is 3.37. The Kier molecular flexibility index (Phi) is 2.72. The third-order valence-corrected chi connectivity index (χ3v) is 2.41. The average Bonchev–Trinajstić information content (AvgIpc) is 1.90. The quantitative estimate of drug-likeness (QED) is 0.545. The van der Waals surface area contributed by atoms with Crippen LogP contribution in [0.1, 0.15) is 40.0 Å². The van der Waals surface area contributed by atoms with Crippen molar-refractivity contribution < 1.29 is 0 Å². The number of nitrogens with one attached hydrogen (secondary N) is 1. The molecule has 10 heavy (non-hydrogen) atoms. The minimum Gasteiger partial charge on any atom is -0.311 e. The van der Waals surface area contributed by atoms with Gasteiger partial charge in [0.1, 0.15) is 0 Å². The first-order chi connectivity index (χ1) is 4.84. The summed E-state index contributed by atoms with van der Waals surface area (Å²) in [4.78, 5) is 0. The first-order valence-electron chi connectivity index (χ1n) is 4.60. The van der Waals surface area contributed by atoms with Gasteiger partial charge in [-0.05, 0) is 25.2 Å². The molecular formula is C9H19N. The summed E-state index contributed by atoms with van der Waals surface area (Å²) in [6.07, 6.45) is 4.32. The van der Waals surface area contributed by atoms with Crippen molar-refractivity contribution in [3.05, 3.63) is 0 Å². The van der Waals surface area contributed by atoms with E-state index in [0.29, 0.717) is 0 Å². The third-order valence-electron chi connectivity index (χ3n) is 2.41. The molecule has 2 aliphatic heterocycles. The smallest absolute Gasteiger partial charge is 0.00870 e. The van der Waals surface area contributed by atoms with Crippen molar-refractivity contribution in [3.63, 3.8) is 0 Å². The summed E-state index contributed by atoms with van der Waals surface area (Å²) in [6.45, 7) is 6.36. The van der Waals surface area contributed by atoms with E-state index in [2.05, 4.69) is 12.2 Å². The van der Waals surface area contributed by atoms with Crippen molar-refractivity contribution in [2.45, 2.75) is 52.1 Å². The molecule has 2 saturated heterocycles. The number of rotatable bonds is 0. The van der Waals surface area contributed by atoms with Gasteiger partial charge in [-0.25, -0.2) is 0 Å². The highest BCUT2D eigenvalue weighted by molar-refractivity contribution is 4.95. The van der Waals surface area contributed by atoms with Gasteiger partial charge in [0.15, 0.2) is 0 Å². The van der Waals surface area contributed by atoms with Crippen molar-refractivity contribution in [3.8, 4) is 0 Å². The molecule has 60 valence electrons. The van der Waals surface area contributed by atoms with Gasteiger partial charge in [0.25, 0.3) is 0 Å². The predicted molar refractivity (Wildman–Crippen MR) is 45.1 cm³/mol. The first-order valence-corrected chi connectivity index (χ1v) is 4.60. The van der Waals surface area contributed by atoms with Crippen LogP contribution in [0.2, 0.25) is 0 Å². The molecule has 0 amide bonds. The van der Waals surface area contributed by atoms with Gasteiger partial charge in [-0.2, -0.15) is 0 Å². The molecule has 1 heteroatoms. The van der Waals surface area contributed by atoms with Crippen molar-refractivity contribution in [1.29, 1.82) is 0 Å². The van der Waals surface area contributed by atoms with Crippen molar-refractivity contribution in [2.24, 2.45) is 5.92 Å². The number of piperidine rings is 1. The highest BCUT2D eigenvalue weighted by atomic mass is 15.0. The zero-order chi connectivity index (χ0) is 7.56. The molecule has 2 atom stereocenters. The normalized spacial score (nSPS) is 42.9. The molecule has 0 aromatic heterocycles. The van der Waals surface area contributed by atoms with Crippen molar-refractivity contribution in [2.75, 3.05) is 0 Å². The molecule has 1 N–H and O–H groups in total. The summed E-state index contributed by atoms with van der Waals surface area (Å²) in [7, 11) is 0. The molecule has 3 rings (SSSR count). The maximum Gasteiger partial charge on any atom is 0.00870 e. The van der Waals surface area contributed by atoms with Crippen LogP contribution < -0.4 is 5.32 Å². The molecule has 2 bridgehead atoms. The van der Waals surface area contributed by atoms with E-state index in [-0.39, 0.29) is 0 Å². The molecule has 0 aromatic rings. The predicted octanol–water partition coefficient (Wildman–Crippen LogP) is 2.17. The van der Waals surface area contributed by atoms with E-state index in [0.717, 1.165) is 18.0 Å². The molecule has 3 aliphatic rings. The van der Waals surface area contributed by atoms with Crippen LogP contribution in [0, 0.1) is 5.92 Å². The van der Waals surface area contributed by atoms with E-state index in [9.17, 15) is 0 Å². The van der Waals surface area contributed by atoms with Gasteiger partial charge in [-0.3, -0.25) is 0 Å². The monoisotopic (exact) mass is 141 g/mol. The zero-order valence-corrected chi connectivity index (χ0v) is 7.35. The summed E-state index contributed by atoms with van der Waals surface area (Å²) in [5.74, 6) is 1.000. The molecule has 1 saturated carbocycles. The molecule has 1 aliphatic carbocycles. The van der Waals surface area contributed by atoms with E-state index in [1.54, 1.807) is 0 Å². The standard InChI is InChI=1S/C7H13N.C2H6/c1-5-2-6-4-7(3-5)8-6;1-2/h5-8H,2-4H2,1H3;1-2H3. The Morgan fingerprint density at radius 2 is 1.40 bits per heavy atom. The second kappa shape index (κ2) is 3.38. The van der Waals surface area contributed by atoms with Gasteiger partial charge in [-0.15, -0.1) is 0 Å². The summed E-state index contributed by atoms with van der Waals surface area (Å²) in [6, 6.07) is 1.81. The Labute approximate surface area is 64.2 Å². The third kappa shape index (κ3) is 1.51. The Balaban J connectivity index is 0.000000231. The maximum absolute atomic E-state index is 3.51. The lowest BCUT2D eigenvalue weighted by Gasteiger charge is -2.45. The van der Waals surface area contributed by atoms with Crippen LogP contribution in [0.15, 0.2) is 0 Å². The van der Waals surface area contributed by atoms with E-state index in [1.807, 2.05) is 13.8 Å². The highest BCUT2D eigenvalue weighted by Gasteiger charge is 2.35. The maximum atomic E-state index is 3.51. The SMILES string of the molecule is CC.CC1CC2CC(C1)N2. The van der Waals surface area contributed by atoms with Gasteiger partial charge < -0.3 is 5.32 Å². The molecule has 0 spiro atoms. The fourth-order valence-corrected chi connectivity index (χ4v) is 2.05. The molecule has 0 aromatic carbocycles. The van der Waals surface area contributed by atoms with Gasteiger partial charge in [0.2, 0.25) is 0 Å². The van der Waals surface area contributed by atoms with Crippen LogP contribution in [0.4, 0.5) is 0 Å². The minimum atomic E-state index is 0.906. The van der Waals surface area contributed by atoms with Gasteiger partial charge in [-0.1, -0.05) is 20.8 Å². The minimum absolute atomic E-state index is 0.906. The lowest BCUT2D eigenvalue weighted by atomic mass is 9.77. The van der Waals surface area contributed by atoms with Crippen LogP contribution in [0.5, 0.6) is 0 Å². The highest BCUT2D eigenvalue weighted by Crippen LogP contribution is 2.31. The zero-order valence-electron chi connectivity index (χ0n) is 7.35. The number of hydrogen-bond donors (Lipinski definition) is 1. The van der Waals surface area contributed by atoms with Gasteiger partial charge in [0, 0.05) is 12.1 Å². The van der Waals surface area contributed by atoms with E-state index in [4.69, 9.17) is 0 Å². The van der Waals surface area contributed by atoms with Crippen LogP contribution in [-0.4, -0.2) is 12.1 Å². The lowest BCUT2D eigenvalue weighted by molar-refractivity contribution is 0.137. The Morgan fingerprint density at radius 1 is 1.00 bits per heavy atom. The summed E-state index contributed by atoms with van der Waals surface area (Å²) in [5.41, 5.74) is 0. The first kappa shape index (κ1) is 8.06. The topological polar surface area (TPSA) is 12.0 Å². The Morgan fingerprint density at radius 3 is 1.60 bits per heavy atom. The summed E-state index contributed by atoms with van der Waals surface area (Å²) >= 11 is 0. The lowest BCUT2D eigenvalue weighted by Crippen LogP contribution is -2.57. The molecule has 0 radical (unpaired) electrons. The number of hydrogen-bond acceptors (Lipinski definition) is 1. The van der Waals surface area contributed by atoms with Crippen LogP contribution in [0.25, 0.3) is 0 Å². The molecule has 2 heterocycles. The van der Waals surface area contributed by atoms with E-state index >= 15 is 0 Å². The molecular weight excluding hydrogens is 122 g/mol. The van der Waals surface area contributed by atoms with E-state index in [1.165, 1.54) is 19.3 Å². The van der Waals surface area contributed by atoms with Gasteiger partial charge in [0.05, 0.1) is 0 Å². The fourth-order valence-electron chi connectivity index (χ4n) is 2.05. The van der Waals surface area contributed by atoms with Gasteiger partial charge >= 0.3 is 0 Å². The number of fused-ring (bicyclic) bond motifs is 2. The average molecular weight is 141 g/mol. The second-order valence-corrected chi connectivity index (χ2v) is 3.37. The molecule has 3 fully saturated rings. The van der Waals surface area contributed by atoms with Crippen molar-refractivity contribution in [1.82, 2.24) is 5.32 Å². The van der Waals surface area contributed by atoms with Crippen molar-refractivity contribution >= 4 is 0 Å². The van der Waals surface area contributed by atoms with E-state index < -0.39 is 0 Å². The fraction of sp³-hybridized carbons (Fsp3) is 1.00. The molecule has 2 unspecified atom stereocenters. The molecule has 1 nitrogen and oxygen atoms in total.